The van der Waals surface area contributed by atoms with Gasteiger partial charge in [0.25, 0.3) is 0 Å². The van der Waals surface area contributed by atoms with Gasteiger partial charge in [0.2, 0.25) is 0 Å². The number of hydrogen-bond acceptors (Lipinski definition) is 4. The van der Waals surface area contributed by atoms with Crippen molar-refractivity contribution in [2.75, 3.05) is 5.32 Å². The van der Waals surface area contributed by atoms with Crippen molar-refractivity contribution in [2.24, 2.45) is 4.99 Å². The van der Waals surface area contributed by atoms with E-state index in [4.69, 9.17) is 4.98 Å². The molecule has 1 aliphatic rings. The minimum absolute atomic E-state index is 0.184. The van der Waals surface area contributed by atoms with E-state index < -0.39 is 0 Å². The van der Waals surface area contributed by atoms with Crippen LogP contribution in [-0.4, -0.2) is 26.7 Å². The molecule has 5 rings (SSSR count). The Hall–Kier alpha value is -3.21. The molecule has 0 saturated carbocycles. The van der Waals surface area contributed by atoms with Crippen molar-refractivity contribution in [1.29, 1.82) is 0 Å². The van der Waals surface area contributed by atoms with E-state index in [9.17, 15) is 0 Å². The Kier molecular flexibility index (Phi) is 3.28. The third-order valence-electron chi connectivity index (χ3n) is 4.98. The highest BCUT2D eigenvalue weighted by molar-refractivity contribution is 6.02. The van der Waals surface area contributed by atoms with E-state index in [1.54, 1.807) is 0 Å². The summed E-state index contributed by atoms with van der Waals surface area (Å²) in [5.41, 5.74) is 4.92. The smallest absolute Gasteiger partial charge is 0.107 e. The summed E-state index contributed by atoms with van der Waals surface area (Å²) in [6.45, 7) is 2.18. The van der Waals surface area contributed by atoms with Crippen molar-refractivity contribution in [3.05, 3.63) is 60.6 Å². The number of rotatable bonds is 3. The van der Waals surface area contributed by atoms with Gasteiger partial charge < -0.3 is 10.3 Å². The second-order valence-corrected chi connectivity index (χ2v) is 7.03. The van der Waals surface area contributed by atoms with Gasteiger partial charge in [-0.3, -0.25) is 9.98 Å². The number of aryl methyl sites for hydroxylation is 1. The molecule has 0 fully saturated rings. The zero-order valence-corrected chi connectivity index (χ0v) is 14.5. The van der Waals surface area contributed by atoms with Crippen LogP contribution in [0.3, 0.4) is 0 Å². The molecule has 5 nitrogen and oxygen atoms in total. The fraction of sp³-hybridized carbons (Fsp3) is 0.190. The maximum Gasteiger partial charge on any atom is 0.107 e. The molecule has 26 heavy (non-hydrogen) atoms. The maximum atomic E-state index is 4.83. The normalized spacial score (nSPS) is 18.8. The number of benzene rings is 2. The molecule has 2 aromatic heterocycles. The number of anilines is 1. The minimum atomic E-state index is -0.184. The van der Waals surface area contributed by atoms with Gasteiger partial charge in [-0.25, -0.2) is 4.98 Å². The third-order valence-corrected chi connectivity index (χ3v) is 4.98. The van der Waals surface area contributed by atoms with Crippen molar-refractivity contribution < 1.29 is 0 Å². The van der Waals surface area contributed by atoms with Gasteiger partial charge in [0.1, 0.15) is 5.82 Å². The summed E-state index contributed by atoms with van der Waals surface area (Å²) in [6, 6.07) is 16.3. The first-order chi connectivity index (χ1) is 12.7. The summed E-state index contributed by atoms with van der Waals surface area (Å²) in [5.74, 6) is 0.992. The van der Waals surface area contributed by atoms with E-state index in [0.717, 1.165) is 52.0 Å². The van der Waals surface area contributed by atoms with E-state index >= 15 is 0 Å². The number of aromatic amines is 1. The van der Waals surface area contributed by atoms with Crippen LogP contribution in [-0.2, 0) is 6.42 Å². The lowest BCUT2D eigenvalue weighted by Crippen LogP contribution is -2.38. The van der Waals surface area contributed by atoms with Crippen LogP contribution < -0.4 is 5.32 Å². The molecule has 3 heterocycles. The largest absolute Gasteiger partial charge is 0.373 e. The van der Waals surface area contributed by atoms with Crippen molar-refractivity contribution in [3.63, 3.8) is 0 Å². The number of nitrogens with zero attached hydrogens (tertiary/aromatic N) is 3. The van der Waals surface area contributed by atoms with Gasteiger partial charge in [-0.05, 0) is 49.7 Å². The highest BCUT2D eigenvalue weighted by atomic mass is 15.0. The molecule has 0 aliphatic carbocycles. The van der Waals surface area contributed by atoms with Crippen LogP contribution in [0, 0.1) is 0 Å². The molecule has 0 saturated heterocycles. The Morgan fingerprint density at radius 3 is 2.92 bits per heavy atom. The van der Waals surface area contributed by atoms with E-state index in [1.165, 1.54) is 0 Å². The molecule has 0 bridgehead atoms. The zero-order chi connectivity index (χ0) is 17.6. The van der Waals surface area contributed by atoms with Gasteiger partial charge in [-0.2, -0.15) is 0 Å². The fourth-order valence-corrected chi connectivity index (χ4v) is 3.54. The maximum absolute atomic E-state index is 4.83. The molecular formula is C21H19N5. The van der Waals surface area contributed by atoms with Crippen LogP contribution in [0.5, 0.6) is 0 Å². The van der Waals surface area contributed by atoms with Crippen molar-refractivity contribution in [1.82, 2.24) is 15.0 Å². The third kappa shape index (κ3) is 2.52. The van der Waals surface area contributed by atoms with E-state index in [1.807, 2.05) is 42.7 Å². The number of aromatic nitrogens is 3. The number of nitrogens with one attached hydrogen (secondary N) is 2. The quantitative estimate of drug-likeness (QED) is 0.571. The highest BCUT2D eigenvalue weighted by Gasteiger charge is 2.26. The second-order valence-electron chi connectivity index (χ2n) is 7.03. The summed E-state index contributed by atoms with van der Waals surface area (Å²) in [4.78, 5) is 17.3. The van der Waals surface area contributed by atoms with Crippen molar-refractivity contribution >= 4 is 39.5 Å². The number of H-pyrrole nitrogens is 1. The zero-order valence-electron chi connectivity index (χ0n) is 14.5. The Bertz CT molecular complexity index is 1140. The highest BCUT2D eigenvalue weighted by Crippen LogP contribution is 2.32. The molecule has 128 valence electrons. The van der Waals surface area contributed by atoms with Gasteiger partial charge in [0.15, 0.2) is 0 Å². The van der Waals surface area contributed by atoms with Gasteiger partial charge in [0.05, 0.1) is 33.5 Å². The Labute approximate surface area is 151 Å². The summed E-state index contributed by atoms with van der Waals surface area (Å²) in [5, 5.41) is 4.69. The van der Waals surface area contributed by atoms with Gasteiger partial charge >= 0.3 is 0 Å². The first kappa shape index (κ1) is 15.1. The lowest BCUT2D eigenvalue weighted by molar-refractivity contribution is 0.607. The van der Waals surface area contributed by atoms with E-state index in [-0.39, 0.29) is 5.54 Å². The predicted octanol–water partition coefficient (Wildman–Crippen LogP) is 4.63. The predicted molar refractivity (Wildman–Crippen MR) is 106 cm³/mol. The summed E-state index contributed by atoms with van der Waals surface area (Å²) in [6.07, 6.45) is 5.57. The average Bonchev–Trinajstić information content (AvgIpc) is 3.10. The summed E-state index contributed by atoms with van der Waals surface area (Å²) >= 11 is 0. The van der Waals surface area contributed by atoms with Gasteiger partial charge in [0, 0.05) is 24.2 Å². The standard InChI is InChI=1S/C21H19N5/c1-21(13-23-16-6-2-3-7-17(16)26-21)11-10-19-24-18-9-8-15-14(20(18)25-19)5-4-12-22-15/h2-9,12-13,26H,10-11H2,1H3,(H,24,25). The SMILES string of the molecule is CC1(CCc2nc3c(ccc4ncccc43)[nH]2)C=Nc2ccccc2N1. The minimum Gasteiger partial charge on any atom is -0.373 e. The van der Waals surface area contributed by atoms with Crippen LogP contribution in [0.15, 0.2) is 59.7 Å². The molecule has 5 heteroatoms. The van der Waals surface area contributed by atoms with Crippen LogP contribution in [0.25, 0.3) is 21.9 Å². The van der Waals surface area contributed by atoms with Crippen LogP contribution in [0.1, 0.15) is 19.2 Å². The summed E-state index contributed by atoms with van der Waals surface area (Å²) in [7, 11) is 0. The number of hydrogen-bond donors (Lipinski definition) is 2. The Balaban J connectivity index is 1.41. The lowest BCUT2D eigenvalue weighted by atomic mass is 9.95. The van der Waals surface area contributed by atoms with Crippen molar-refractivity contribution in [3.8, 4) is 0 Å². The molecule has 2 N–H and O–H groups in total. The van der Waals surface area contributed by atoms with Crippen LogP contribution >= 0.6 is 0 Å². The second kappa shape index (κ2) is 5.66. The van der Waals surface area contributed by atoms with Gasteiger partial charge in [-0.1, -0.05) is 12.1 Å². The molecule has 0 spiro atoms. The molecule has 4 aromatic rings. The van der Waals surface area contributed by atoms with Crippen LogP contribution in [0.2, 0.25) is 0 Å². The monoisotopic (exact) mass is 341 g/mol. The van der Waals surface area contributed by atoms with Crippen LogP contribution in [0.4, 0.5) is 11.4 Å². The molecule has 2 aromatic carbocycles. The van der Waals surface area contributed by atoms with Crippen molar-refractivity contribution in [2.45, 2.75) is 25.3 Å². The van der Waals surface area contributed by atoms with E-state index in [2.05, 4.69) is 45.4 Å². The molecular weight excluding hydrogens is 322 g/mol. The number of imidazole rings is 1. The number of fused-ring (bicyclic) bond motifs is 4. The number of para-hydroxylation sites is 2. The molecule has 0 amide bonds. The molecule has 1 aliphatic heterocycles. The summed E-state index contributed by atoms with van der Waals surface area (Å²) < 4.78 is 0. The van der Waals surface area contributed by atoms with E-state index in [0.29, 0.717) is 0 Å². The molecule has 0 radical (unpaired) electrons. The average molecular weight is 341 g/mol. The lowest BCUT2D eigenvalue weighted by Gasteiger charge is -2.31. The molecule has 1 unspecified atom stereocenters. The number of pyridine rings is 1. The first-order valence-electron chi connectivity index (χ1n) is 8.85. The Morgan fingerprint density at radius 1 is 1.04 bits per heavy atom. The first-order valence-corrected chi connectivity index (χ1v) is 8.85. The topological polar surface area (TPSA) is 66.0 Å². The Morgan fingerprint density at radius 2 is 1.96 bits per heavy atom. The van der Waals surface area contributed by atoms with Gasteiger partial charge in [-0.15, -0.1) is 0 Å². The molecule has 1 atom stereocenters. The fourth-order valence-electron chi connectivity index (χ4n) is 3.54. The number of aliphatic imine (C=N–C) groups is 1.